The van der Waals surface area contributed by atoms with Crippen LogP contribution in [0, 0.1) is 25.2 Å². The lowest BCUT2D eigenvalue weighted by Crippen LogP contribution is -2.35. The SMILES string of the molecule is Cc1cc(C)cc(OCCOc2ccc(C=C3C(=N)N4N=C(CC(C)C)SC4=NC3=O)cc2)c1. The predicted octanol–water partition coefficient (Wildman–Crippen LogP) is 5.43. The van der Waals surface area contributed by atoms with Crippen LogP contribution in [0.3, 0.4) is 0 Å². The number of hydrazone groups is 1. The highest BCUT2D eigenvalue weighted by Crippen LogP contribution is 2.30. The van der Waals surface area contributed by atoms with E-state index < -0.39 is 5.91 Å². The van der Waals surface area contributed by atoms with E-state index in [1.807, 2.05) is 50.2 Å². The molecule has 0 unspecified atom stereocenters. The maximum absolute atomic E-state index is 12.6. The molecule has 0 saturated carbocycles. The van der Waals surface area contributed by atoms with Gasteiger partial charge in [-0.2, -0.15) is 15.1 Å². The molecule has 2 aliphatic heterocycles. The fraction of sp³-hybridized carbons (Fsp3) is 0.308. The second kappa shape index (κ2) is 10.3. The van der Waals surface area contributed by atoms with Crippen LogP contribution in [-0.2, 0) is 4.79 Å². The number of carbonyl (C=O) groups excluding carboxylic acids is 1. The molecule has 0 saturated heterocycles. The van der Waals surface area contributed by atoms with Crippen LogP contribution < -0.4 is 9.47 Å². The van der Waals surface area contributed by atoms with Gasteiger partial charge < -0.3 is 9.47 Å². The van der Waals surface area contributed by atoms with Crippen molar-refractivity contribution in [3.63, 3.8) is 0 Å². The molecule has 2 heterocycles. The summed E-state index contributed by atoms with van der Waals surface area (Å²) >= 11 is 1.36. The quantitative estimate of drug-likeness (QED) is 0.406. The first kappa shape index (κ1) is 23.8. The molecule has 2 aromatic rings. The van der Waals surface area contributed by atoms with Crippen molar-refractivity contribution in [3.8, 4) is 11.5 Å². The van der Waals surface area contributed by atoms with Gasteiger partial charge >= 0.3 is 0 Å². The Labute approximate surface area is 204 Å². The molecule has 0 atom stereocenters. The molecular formula is C26H28N4O3S. The van der Waals surface area contributed by atoms with Crippen LogP contribution in [0.15, 0.2) is 58.1 Å². The Hall–Kier alpha value is -3.39. The third kappa shape index (κ3) is 5.75. The number of rotatable bonds is 8. The van der Waals surface area contributed by atoms with Gasteiger partial charge in [-0.1, -0.05) is 32.0 Å². The summed E-state index contributed by atoms with van der Waals surface area (Å²) in [4.78, 5) is 16.7. The smallest absolute Gasteiger partial charge is 0.283 e. The molecule has 0 aliphatic carbocycles. The Bertz CT molecular complexity index is 1180. The highest BCUT2D eigenvalue weighted by Gasteiger charge is 2.35. The first-order chi connectivity index (χ1) is 16.3. The van der Waals surface area contributed by atoms with Crippen LogP contribution in [-0.4, -0.2) is 40.2 Å². The zero-order valence-electron chi connectivity index (χ0n) is 19.8. The van der Waals surface area contributed by atoms with Crippen LogP contribution in [0.4, 0.5) is 0 Å². The monoisotopic (exact) mass is 476 g/mol. The Kier molecular flexibility index (Phi) is 7.17. The number of nitrogens with one attached hydrogen (secondary N) is 1. The number of carbonyl (C=O) groups is 1. The molecule has 0 radical (unpaired) electrons. The van der Waals surface area contributed by atoms with E-state index in [1.54, 1.807) is 6.08 Å². The Balaban J connectivity index is 1.35. The molecule has 7 nitrogen and oxygen atoms in total. The average molecular weight is 477 g/mol. The van der Waals surface area contributed by atoms with Crippen LogP contribution in [0.2, 0.25) is 0 Å². The molecule has 1 N–H and O–H groups in total. The lowest BCUT2D eigenvalue weighted by atomic mass is 10.1. The number of fused-ring (bicyclic) bond motifs is 1. The predicted molar refractivity (Wildman–Crippen MR) is 138 cm³/mol. The Morgan fingerprint density at radius 3 is 2.32 bits per heavy atom. The zero-order valence-corrected chi connectivity index (χ0v) is 20.6. The number of hydrogen-bond acceptors (Lipinski definition) is 6. The molecule has 1 amide bonds. The van der Waals surface area contributed by atoms with E-state index in [9.17, 15) is 4.79 Å². The molecule has 176 valence electrons. The third-order valence-corrected chi connectivity index (χ3v) is 6.02. The van der Waals surface area contributed by atoms with E-state index >= 15 is 0 Å². The van der Waals surface area contributed by atoms with Crippen molar-refractivity contribution in [3.05, 3.63) is 64.7 Å². The van der Waals surface area contributed by atoms with E-state index in [2.05, 4.69) is 30.0 Å². The third-order valence-electron chi connectivity index (χ3n) is 5.09. The second-order valence-electron chi connectivity index (χ2n) is 8.70. The molecule has 0 fully saturated rings. The fourth-order valence-electron chi connectivity index (χ4n) is 3.63. The van der Waals surface area contributed by atoms with Crippen molar-refractivity contribution in [2.45, 2.75) is 34.1 Å². The molecule has 4 rings (SSSR count). The summed E-state index contributed by atoms with van der Waals surface area (Å²) in [5.74, 6) is 1.60. The average Bonchev–Trinajstić information content (AvgIpc) is 3.16. The molecule has 0 aromatic heterocycles. The van der Waals surface area contributed by atoms with E-state index in [4.69, 9.17) is 14.9 Å². The number of aryl methyl sites for hydroxylation is 2. The normalized spacial score (nSPS) is 16.6. The maximum Gasteiger partial charge on any atom is 0.283 e. The van der Waals surface area contributed by atoms with E-state index in [1.165, 1.54) is 27.9 Å². The second-order valence-corrected chi connectivity index (χ2v) is 9.74. The highest BCUT2D eigenvalue weighted by molar-refractivity contribution is 8.26. The largest absolute Gasteiger partial charge is 0.490 e. The molecule has 2 aromatic carbocycles. The van der Waals surface area contributed by atoms with Crippen molar-refractivity contribution < 1.29 is 14.3 Å². The van der Waals surface area contributed by atoms with Gasteiger partial charge in [-0.05, 0) is 78.6 Å². The topological polar surface area (TPSA) is 87.3 Å². The Morgan fingerprint density at radius 2 is 1.68 bits per heavy atom. The molecular weight excluding hydrogens is 448 g/mol. The van der Waals surface area contributed by atoms with Gasteiger partial charge in [0.25, 0.3) is 5.91 Å². The Morgan fingerprint density at radius 1 is 1.03 bits per heavy atom. The zero-order chi connectivity index (χ0) is 24.2. The van der Waals surface area contributed by atoms with Crippen molar-refractivity contribution >= 4 is 39.8 Å². The summed E-state index contributed by atoms with van der Waals surface area (Å²) in [5.41, 5.74) is 3.33. The molecule has 0 spiro atoms. The summed E-state index contributed by atoms with van der Waals surface area (Å²) in [6.07, 6.45) is 2.45. The van der Waals surface area contributed by atoms with Gasteiger partial charge in [0.15, 0.2) is 5.84 Å². The van der Waals surface area contributed by atoms with Gasteiger partial charge in [0, 0.05) is 6.42 Å². The van der Waals surface area contributed by atoms with Gasteiger partial charge in [0.2, 0.25) is 5.17 Å². The lowest BCUT2D eigenvalue weighted by molar-refractivity contribution is -0.114. The summed E-state index contributed by atoms with van der Waals surface area (Å²) in [7, 11) is 0. The van der Waals surface area contributed by atoms with Crippen molar-refractivity contribution in [1.82, 2.24) is 5.01 Å². The van der Waals surface area contributed by atoms with E-state index in [-0.39, 0.29) is 11.4 Å². The molecule has 0 bridgehead atoms. The van der Waals surface area contributed by atoms with Crippen molar-refractivity contribution in [2.75, 3.05) is 13.2 Å². The number of amidine groups is 2. The molecule has 2 aliphatic rings. The van der Waals surface area contributed by atoms with E-state index in [0.29, 0.717) is 30.0 Å². The van der Waals surface area contributed by atoms with Crippen molar-refractivity contribution in [1.29, 1.82) is 5.41 Å². The fourth-order valence-corrected chi connectivity index (χ4v) is 4.72. The van der Waals surface area contributed by atoms with Crippen LogP contribution in [0.1, 0.15) is 37.0 Å². The minimum absolute atomic E-state index is 0.0464. The van der Waals surface area contributed by atoms with Crippen LogP contribution >= 0.6 is 11.8 Å². The number of aliphatic imine (C=N–C) groups is 1. The minimum Gasteiger partial charge on any atom is -0.490 e. The van der Waals surface area contributed by atoms with Gasteiger partial charge in [0.1, 0.15) is 29.8 Å². The maximum atomic E-state index is 12.6. The van der Waals surface area contributed by atoms with Crippen molar-refractivity contribution in [2.24, 2.45) is 16.0 Å². The van der Waals surface area contributed by atoms with Gasteiger partial charge in [-0.3, -0.25) is 10.2 Å². The standard InChI is InChI=1S/C26H28N4O3S/c1-16(2)11-23-29-30-24(27)22(25(31)28-26(30)34-23)15-19-5-7-20(8-6-19)32-9-10-33-21-13-17(3)12-18(4)14-21/h5-8,12-16,27H,9-11H2,1-4H3. The number of hydrogen-bond donors (Lipinski definition) is 1. The summed E-state index contributed by atoms with van der Waals surface area (Å²) in [6.45, 7) is 9.15. The van der Waals surface area contributed by atoms with Gasteiger partial charge in [-0.25, -0.2) is 0 Å². The van der Waals surface area contributed by atoms with Crippen LogP contribution in [0.5, 0.6) is 11.5 Å². The lowest BCUT2D eigenvalue weighted by Gasteiger charge is -2.20. The molecule has 34 heavy (non-hydrogen) atoms. The van der Waals surface area contributed by atoms with Gasteiger partial charge in [-0.15, -0.1) is 0 Å². The van der Waals surface area contributed by atoms with E-state index in [0.717, 1.165) is 22.8 Å². The number of ether oxygens (including phenoxy) is 2. The minimum atomic E-state index is -0.423. The number of benzene rings is 2. The number of thioether (sulfide) groups is 1. The van der Waals surface area contributed by atoms with Gasteiger partial charge in [0.05, 0.1) is 5.57 Å². The first-order valence-electron chi connectivity index (χ1n) is 11.2. The number of amides is 1. The number of nitrogens with zero attached hydrogens (tertiary/aromatic N) is 3. The summed E-state index contributed by atoms with van der Waals surface area (Å²) in [5, 5.41) is 15.7. The summed E-state index contributed by atoms with van der Waals surface area (Å²) in [6, 6.07) is 13.5. The molecule has 8 heteroatoms. The summed E-state index contributed by atoms with van der Waals surface area (Å²) < 4.78 is 11.5. The first-order valence-corrected chi connectivity index (χ1v) is 12.0. The van der Waals surface area contributed by atoms with Crippen LogP contribution in [0.25, 0.3) is 6.08 Å². The highest BCUT2D eigenvalue weighted by atomic mass is 32.2.